The van der Waals surface area contributed by atoms with Crippen molar-refractivity contribution in [2.45, 2.75) is 0 Å². The Bertz CT molecular complexity index is 948. The van der Waals surface area contributed by atoms with Crippen LogP contribution in [0, 0.1) is 11.3 Å². The summed E-state index contributed by atoms with van der Waals surface area (Å²) in [6, 6.07) is 18.1. The van der Waals surface area contributed by atoms with E-state index in [0.29, 0.717) is 22.5 Å². The van der Waals surface area contributed by atoms with Gasteiger partial charge in [0.1, 0.15) is 0 Å². The number of anilines is 3. The van der Waals surface area contributed by atoms with Gasteiger partial charge in [0, 0.05) is 16.4 Å². The molecule has 0 fully saturated rings. The lowest BCUT2D eigenvalue weighted by molar-refractivity contribution is 0.102. The molecule has 122 valence electrons. The van der Waals surface area contributed by atoms with Crippen LogP contribution in [0.5, 0.6) is 0 Å². The van der Waals surface area contributed by atoms with E-state index >= 15 is 0 Å². The molecule has 0 aliphatic heterocycles. The Labute approximate surface area is 153 Å². The summed E-state index contributed by atoms with van der Waals surface area (Å²) >= 11 is 3.47. The molecule has 0 unspecified atom stereocenters. The number of pyridine rings is 1. The highest BCUT2D eigenvalue weighted by molar-refractivity contribution is 9.10. The number of hydrogen-bond donors (Lipinski definition) is 2. The number of halogens is 1. The average molecular weight is 393 g/mol. The normalized spacial score (nSPS) is 9.92. The number of carbonyl (C=O) groups excluding carboxylic acids is 1. The number of para-hydroxylation sites is 1. The number of rotatable bonds is 4. The third-order valence-electron chi connectivity index (χ3n) is 3.43. The van der Waals surface area contributed by atoms with Gasteiger partial charge in [0.25, 0.3) is 5.91 Å². The summed E-state index contributed by atoms with van der Waals surface area (Å²) < 4.78 is 0.919. The van der Waals surface area contributed by atoms with E-state index in [1.807, 2.05) is 30.3 Å². The fraction of sp³-hybridized carbons (Fsp3) is 0. The molecule has 0 saturated heterocycles. The maximum atomic E-state index is 12.4. The molecular formula is C19H13BrN4O. The average Bonchev–Trinajstić information content (AvgIpc) is 2.64. The Morgan fingerprint density at radius 2 is 1.80 bits per heavy atom. The summed E-state index contributed by atoms with van der Waals surface area (Å²) in [5, 5.41) is 14.8. The summed E-state index contributed by atoms with van der Waals surface area (Å²) in [5.74, 6) is -0.270. The van der Waals surface area contributed by atoms with Crippen LogP contribution in [0.2, 0.25) is 0 Å². The molecule has 5 nitrogen and oxygen atoms in total. The minimum Gasteiger partial charge on any atom is -0.353 e. The van der Waals surface area contributed by atoms with Crippen molar-refractivity contribution in [2.24, 2.45) is 0 Å². The van der Waals surface area contributed by atoms with Gasteiger partial charge in [-0.1, -0.05) is 12.1 Å². The largest absolute Gasteiger partial charge is 0.353 e. The van der Waals surface area contributed by atoms with Gasteiger partial charge in [0.05, 0.1) is 34.8 Å². The summed E-state index contributed by atoms with van der Waals surface area (Å²) in [4.78, 5) is 16.5. The summed E-state index contributed by atoms with van der Waals surface area (Å²) in [5.41, 5.74) is 3.18. The van der Waals surface area contributed by atoms with E-state index in [1.165, 1.54) is 6.20 Å². The molecule has 3 rings (SSSR count). The highest BCUT2D eigenvalue weighted by Gasteiger charge is 2.08. The Balaban J connectivity index is 1.75. The summed E-state index contributed by atoms with van der Waals surface area (Å²) in [6.45, 7) is 0. The number of nitrogens with zero attached hydrogens (tertiary/aromatic N) is 2. The van der Waals surface area contributed by atoms with E-state index in [2.05, 4.69) is 31.5 Å². The molecule has 0 aliphatic rings. The van der Waals surface area contributed by atoms with E-state index in [1.54, 1.807) is 36.5 Å². The van der Waals surface area contributed by atoms with Crippen LogP contribution in [-0.2, 0) is 0 Å². The molecule has 6 heteroatoms. The van der Waals surface area contributed by atoms with Gasteiger partial charge < -0.3 is 10.6 Å². The molecule has 1 aromatic heterocycles. The van der Waals surface area contributed by atoms with Gasteiger partial charge in [-0.05, 0) is 58.4 Å². The van der Waals surface area contributed by atoms with E-state index in [4.69, 9.17) is 5.26 Å². The highest BCUT2D eigenvalue weighted by Crippen LogP contribution is 2.25. The second kappa shape index (κ2) is 7.60. The fourth-order valence-corrected chi connectivity index (χ4v) is 2.57. The number of hydrogen-bond acceptors (Lipinski definition) is 4. The highest BCUT2D eigenvalue weighted by atomic mass is 79.9. The first-order valence-corrected chi connectivity index (χ1v) is 8.23. The predicted octanol–water partition coefficient (Wildman–Crippen LogP) is 4.71. The molecule has 25 heavy (non-hydrogen) atoms. The quantitative estimate of drug-likeness (QED) is 0.673. The standard InChI is InChI=1S/C19H13BrN4O/c20-17-3-1-2-4-18(17)23-16-9-14(11-22-12-16)19(25)24-15-7-5-13(10-21)6-8-15/h1-9,11-12,23H,(H,24,25). The van der Waals surface area contributed by atoms with Crippen LogP contribution >= 0.6 is 15.9 Å². The van der Waals surface area contributed by atoms with Gasteiger partial charge >= 0.3 is 0 Å². The van der Waals surface area contributed by atoms with Crippen molar-refractivity contribution in [3.63, 3.8) is 0 Å². The number of aromatic nitrogens is 1. The molecule has 0 spiro atoms. The predicted molar refractivity (Wildman–Crippen MR) is 101 cm³/mol. The zero-order valence-electron chi connectivity index (χ0n) is 13.0. The van der Waals surface area contributed by atoms with Crippen molar-refractivity contribution in [1.29, 1.82) is 5.26 Å². The molecule has 2 aromatic carbocycles. The molecule has 0 radical (unpaired) electrons. The molecule has 0 aliphatic carbocycles. The molecule has 0 atom stereocenters. The summed E-state index contributed by atoms with van der Waals surface area (Å²) in [6.07, 6.45) is 3.15. The van der Waals surface area contributed by atoms with Crippen LogP contribution in [0.1, 0.15) is 15.9 Å². The first-order chi connectivity index (χ1) is 12.2. The SMILES string of the molecule is N#Cc1ccc(NC(=O)c2cncc(Nc3ccccc3Br)c2)cc1. The van der Waals surface area contributed by atoms with Crippen molar-refractivity contribution in [2.75, 3.05) is 10.6 Å². The monoisotopic (exact) mass is 392 g/mol. The molecule has 1 heterocycles. The lowest BCUT2D eigenvalue weighted by atomic mass is 10.2. The zero-order chi connectivity index (χ0) is 17.6. The first-order valence-electron chi connectivity index (χ1n) is 7.44. The number of nitriles is 1. The van der Waals surface area contributed by atoms with Crippen LogP contribution in [0.25, 0.3) is 0 Å². The van der Waals surface area contributed by atoms with Crippen LogP contribution < -0.4 is 10.6 Å². The molecule has 1 amide bonds. The third-order valence-corrected chi connectivity index (χ3v) is 4.12. The number of nitrogens with one attached hydrogen (secondary N) is 2. The first kappa shape index (κ1) is 16.7. The van der Waals surface area contributed by atoms with Crippen molar-refractivity contribution < 1.29 is 4.79 Å². The lowest BCUT2D eigenvalue weighted by Gasteiger charge is -2.10. The molecule has 3 aromatic rings. The van der Waals surface area contributed by atoms with Crippen molar-refractivity contribution in [3.05, 3.63) is 82.6 Å². The number of amides is 1. The minimum atomic E-state index is -0.270. The van der Waals surface area contributed by atoms with Gasteiger partial charge in [-0.2, -0.15) is 5.26 Å². The van der Waals surface area contributed by atoms with E-state index < -0.39 is 0 Å². The van der Waals surface area contributed by atoms with Crippen LogP contribution in [-0.4, -0.2) is 10.9 Å². The van der Waals surface area contributed by atoms with Crippen LogP contribution in [0.4, 0.5) is 17.1 Å². The topological polar surface area (TPSA) is 77.8 Å². The Morgan fingerprint density at radius 1 is 1.04 bits per heavy atom. The maximum Gasteiger partial charge on any atom is 0.257 e. The van der Waals surface area contributed by atoms with Crippen molar-refractivity contribution in [1.82, 2.24) is 4.98 Å². The molecular weight excluding hydrogens is 380 g/mol. The fourth-order valence-electron chi connectivity index (χ4n) is 2.18. The van der Waals surface area contributed by atoms with Crippen LogP contribution in [0.15, 0.2) is 71.5 Å². The molecule has 0 bridgehead atoms. The minimum absolute atomic E-state index is 0.270. The maximum absolute atomic E-state index is 12.4. The Hall–Kier alpha value is -3.17. The second-order valence-corrected chi connectivity index (χ2v) is 6.06. The van der Waals surface area contributed by atoms with Crippen molar-refractivity contribution >= 4 is 38.9 Å². The lowest BCUT2D eigenvalue weighted by Crippen LogP contribution is -2.12. The molecule has 0 saturated carbocycles. The smallest absolute Gasteiger partial charge is 0.257 e. The van der Waals surface area contributed by atoms with E-state index in [-0.39, 0.29) is 5.91 Å². The van der Waals surface area contributed by atoms with Crippen LogP contribution in [0.3, 0.4) is 0 Å². The summed E-state index contributed by atoms with van der Waals surface area (Å²) in [7, 11) is 0. The van der Waals surface area contributed by atoms with E-state index in [0.717, 1.165) is 10.2 Å². The third kappa shape index (κ3) is 4.22. The zero-order valence-corrected chi connectivity index (χ0v) is 14.6. The van der Waals surface area contributed by atoms with Crippen molar-refractivity contribution in [3.8, 4) is 6.07 Å². The molecule has 2 N–H and O–H groups in total. The van der Waals surface area contributed by atoms with Gasteiger partial charge in [0.15, 0.2) is 0 Å². The number of carbonyl (C=O) groups is 1. The van der Waals surface area contributed by atoms with Gasteiger partial charge in [0.2, 0.25) is 0 Å². The van der Waals surface area contributed by atoms with Gasteiger partial charge in [-0.25, -0.2) is 0 Å². The second-order valence-electron chi connectivity index (χ2n) is 5.21. The van der Waals surface area contributed by atoms with Gasteiger partial charge in [-0.15, -0.1) is 0 Å². The number of benzene rings is 2. The van der Waals surface area contributed by atoms with E-state index in [9.17, 15) is 4.79 Å². The Morgan fingerprint density at radius 3 is 2.52 bits per heavy atom. The Kier molecular flexibility index (Phi) is 5.07. The van der Waals surface area contributed by atoms with Gasteiger partial charge in [-0.3, -0.25) is 9.78 Å².